The van der Waals surface area contributed by atoms with E-state index in [2.05, 4.69) is 6.07 Å². The van der Waals surface area contributed by atoms with E-state index in [1.165, 1.54) is 0 Å². The number of allylic oxidation sites excluding steroid dienone is 7. The Labute approximate surface area is 90.5 Å². The second-order valence-electron chi connectivity index (χ2n) is 3.78. The maximum absolute atomic E-state index is 9.37. The van der Waals surface area contributed by atoms with E-state index in [1.807, 2.05) is 32.1 Å². The molecule has 78 valence electrons. The molecule has 2 nitrogen and oxygen atoms in total. The van der Waals surface area contributed by atoms with Crippen LogP contribution >= 0.6 is 0 Å². The molecule has 1 rings (SSSR count). The minimum atomic E-state index is -0.0698. The van der Waals surface area contributed by atoms with Crippen LogP contribution in [0.5, 0.6) is 0 Å². The van der Waals surface area contributed by atoms with Gasteiger partial charge in [0, 0.05) is 0 Å². The fraction of sp³-hybridized carbons (Fsp3) is 0.308. The molecule has 15 heavy (non-hydrogen) atoms. The molecule has 0 bridgehead atoms. The van der Waals surface area contributed by atoms with Crippen LogP contribution in [0.2, 0.25) is 0 Å². The Morgan fingerprint density at radius 3 is 2.87 bits per heavy atom. The van der Waals surface area contributed by atoms with E-state index in [9.17, 15) is 5.11 Å². The maximum Gasteiger partial charge on any atom is 0.115 e. The number of hydrogen-bond donors (Lipinski definition) is 1. The predicted octanol–water partition coefficient (Wildman–Crippen LogP) is 3.42. The molecular weight excluding hydrogens is 186 g/mol. The predicted molar refractivity (Wildman–Crippen MR) is 61.1 cm³/mol. The molecule has 0 radical (unpaired) electrons. The first kappa shape index (κ1) is 11.3. The lowest BCUT2D eigenvalue weighted by Gasteiger charge is -2.08. The highest BCUT2D eigenvalue weighted by Crippen LogP contribution is 2.20. The summed E-state index contributed by atoms with van der Waals surface area (Å²) in [5, 5.41) is 17.9. The van der Waals surface area contributed by atoms with Crippen LogP contribution in [0.25, 0.3) is 0 Å². The zero-order chi connectivity index (χ0) is 11.3. The standard InChI is InChI=1S/C13H15NO/c1-10(9-14)4-3-5-12-6-11(2)7-13(15)8-12/h3-5,7-8,10,15H,6H2,1-2H3/b4-3-,12-5+. The van der Waals surface area contributed by atoms with Crippen molar-refractivity contribution in [3.8, 4) is 6.07 Å². The molecule has 0 spiro atoms. The van der Waals surface area contributed by atoms with Gasteiger partial charge in [-0.1, -0.05) is 23.8 Å². The summed E-state index contributed by atoms with van der Waals surface area (Å²) < 4.78 is 0. The first-order chi connectivity index (χ1) is 7.11. The smallest absolute Gasteiger partial charge is 0.115 e. The Morgan fingerprint density at radius 1 is 1.53 bits per heavy atom. The number of nitriles is 1. The quantitative estimate of drug-likeness (QED) is 0.743. The minimum Gasteiger partial charge on any atom is -0.508 e. The molecule has 1 aliphatic carbocycles. The van der Waals surface area contributed by atoms with E-state index in [1.54, 1.807) is 12.2 Å². The van der Waals surface area contributed by atoms with Crippen LogP contribution < -0.4 is 0 Å². The van der Waals surface area contributed by atoms with Crippen LogP contribution in [0.3, 0.4) is 0 Å². The number of aliphatic hydroxyl groups is 1. The molecule has 2 heteroatoms. The van der Waals surface area contributed by atoms with Gasteiger partial charge in [0.2, 0.25) is 0 Å². The summed E-state index contributed by atoms with van der Waals surface area (Å²) in [4.78, 5) is 0. The van der Waals surface area contributed by atoms with Gasteiger partial charge in [0.05, 0.1) is 12.0 Å². The van der Waals surface area contributed by atoms with Gasteiger partial charge in [-0.15, -0.1) is 0 Å². The lowest BCUT2D eigenvalue weighted by Crippen LogP contribution is -1.92. The molecule has 1 aliphatic rings. The van der Waals surface area contributed by atoms with Crippen molar-refractivity contribution < 1.29 is 5.11 Å². The monoisotopic (exact) mass is 201 g/mol. The van der Waals surface area contributed by atoms with Crippen molar-refractivity contribution in [2.24, 2.45) is 5.92 Å². The van der Waals surface area contributed by atoms with Crippen LogP contribution in [0.1, 0.15) is 20.3 Å². The SMILES string of the molecule is CC1=CC(O)=C/C(=C/C=C\C(C)C#N)C1. The Balaban J connectivity index is 2.68. The maximum atomic E-state index is 9.37. The van der Waals surface area contributed by atoms with E-state index < -0.39 is 0 Å². The van der Waals surface area contributed by atoms with Gasteiger partial charge in [-0.2, -0.15) is 5.26 Å². The van der Waals surface area contributed by atoms with E-state index in [4.69, 9.17) is 5.26 Å². The van der Waals surface area contributed by atoms with Crippen molar-refractivity contribution in [2.75, 3.05) is 0 Å². The third-order valence-electron chi connectivity index (χ3n) is 2.12. The molecule has 1 N–H and O–H groups in total. The highest BCUT2D eigenvalue weighted by atomic mass is 16.3. The Kier molecular flexibility index (Phi) is 3.93. The van der Waals surface area contributed by atoms with Crippen molar-refractivity contribution in [3.63, 3.8) is 0 Å². The van der Waals surface area contributed by atoms with Crippen molar-refractivity contribution in [3.05, 3.63) is 47.3 Å². The summed E-state index contributed by atoms with van der Waals surface area (Å²) in [5.41, 5.74) is 2.21. The molecule has 0 aromatic rings. The molecule has 0 amide bonds. The summed E-state index contributed by atoms with van der Waals surface area (Å²) in [6.07, 6.45) is 10.0. The van der Waals surface area contributed by atoms with Crippen LogP contribution in [0.15, 0.2) is 47.3 Å². The fourth-order valence-electron chi connectivity index (χ4n) is 1.40. The summed E-state index contributed by atoms with van der Waals surface area (Å²) in [6, 6.07) is 2.13. The molecule has 0 fully saturated rings. The normalized spacial score (nSPS) is 21.0. The van der Waals surface area contributed by atoms with Crippen LogP contribution in [-0.2, 0) is 0 Å². The highest BCUT2D eigenvalue weighted by Gasteiger charge is 2.03. The molecule has 1 atom stereocenters. The summed E-state index contributed by atoms with van der Waals surface area (Å²) >= 11 is 0. The van der Waals surface area contributed by atoms with E-state index in [-0.39, 0.29) is 5.92 Å². The Bertz CT molecular complexity index is 391. The molecule has 0 saturated heterocycles. The molecule has 1 unspecified atom stereocenters. The van der Waals surface area contributed by atoms with Gasteiger partial charge < -0.3 is 5.11 Å². The number of rotatable bonds is 2. The number of nitrogens with zero attached hydrogens (tertiary/aromatic N) is 1. The highest BCUT2D eigenvalue weighted by molar-refractivity contribution is 5.38. The van der Waals surface area contributed by atoms with Crippen LogP contribution in [0, 0.1) is 17.2 Å². The van der Waals surface area contributed by atoms with Gasteiger partial charge in [-0.05, 0) is 38.0 Å². The van der Waals surface area contributed by atoms with Gasteiger partial charge in [-0.3, -0.25) is 0 Å². The largest absolute Gasteiger partial charge is 0.508 e. The van der Waals surface area contributed by atoms with Crippen LogP contribution in [0.4, 0.5) is 0 Å². The number of hydrogen-bond acceptors (Lipinski definition) is 2. The molecular formula is C13H15NO. The van der Waals surface area contributed by atoms with Gasteiger partial charge >= 0.3 is 0 Å². The van der Waals surface area contributed by atoms with Crippen molar-refractivity contribution in [2.45, 2.75) is 20.3 Å². The lowest BCUT2D eigenvalue weighted by molar-refractivity contribution is 0.429. The summed E-state index contributed by atoms with van der Waals surface area (Å²) in [7, 11) is 0. The Hall–Kier alpha value is -1.75. The van der Waals surface area contributed by atoms with Crippen molar-refractivity contribution >= 4 is 0 Å². The average molecular weight is 201 g/mol. The molecule has 0 heterocycles. The van der Waals surface area contributed by atoms with Crippen molar-refractivity contribution in [1.82, 2.24) is 0 Å². The van der Waals surface area contributed by atoms with Crippen molar-refractivity contribution in [1.29, 1.82) is 5.26 Å². The van der Waals surface area contributed by atoms with Gasteiger partial charge in [0.15, 0.2) is 0 Å². The first-order valence-electron chi connectivity index (χ1n) is 4.96. The second-order valence-corrected chi connectivity index (χ2v) is 3.78. The molecule has 0 saturated carbocycles. The van der Waals surface area contributed by atoms with Gasteiger partial charge in [0.25, 0.3) is 0 Å². The van der Waals surface area contributed by atoms with Gasteiger partial charge in [0.1, 0.15) is 5.76 Å². The Morgan fingerprint density at radius 2 is 2.27 bits per heavy atom. The van der Waals surface area contributed by atoms with Crippen LogP contribution in [-0.4, -0.2) is 5.11 Å². The fourth-order valence-corrected chi connectivity index (χ4v) is 1.40. The molecule has 0 aromatic carbocycles. The second kappa shape index (κ2) is 5.21. The minimum absolute atomic E-state index is 0.0698. The summed E-state index contributed by atoms with van der Waals surface area (Å²) in [6.45, 7) is 3.83. The molecule has 0 aromatic heterocycles. The molecule has 0 aliphatic heterocycles. The van der Waals surface area contributed by atoms with Gasteiger partial charge in [-0.25, -0.2) is 0 Å². The third-order valence-corrected chi connectivity index (χ3v) is 2.12. The third kappa shape index (κ3) is 3.86. The topological polar surface area (TPSA) is 44.0 Å². The average Bonchev–Trinajstić information content (AvgIpc) is 2.16. The van der Waals surface area contributed by atoms with E-state index in [0.29, 0.717) is 5.76 Å². The van der Waals surface area contributed by atoms with E-state index in [0.717, 1.165) is 17.6 Å². The van der Waals surface area contributed by atoms with E-state index >= 15 is 0 Å². The summed E-state index contributed by atoms with van der Waals surface area (Å²) in [5.74, 6) is 0.228. The number of aliphatic hydroxyl groups excluding tert-OH is 1. The zero-order valence-electron chi connectivity index (χ0n) is 9.07. The zero-order valence-corrected chi connectivity index (χ0v) is 9.07. The lowest BCUT2D eigenvalue weighted by atomic mass is 9.99. The first-order valence-corrected chi connectivity index (χ1v) is 4.96.